The maximum atomic E-state index is 10.1. The highest BCUT2D eigenvalue weighted by molar-refractivity contribution is 9.10. The van der Waals surface area contributed by atoms with Crippen LogP contribution in [-0.4, -0.2) is 16.6 Å². The molecule has 0 aliphatic heterocycles. The fourth-order valence-electron chi connectivity index (χ4n) is 1.57. The van der Waals surface area contributed by atoms with Crippen LogP contribution in [0.3, 0.4) is 0 Å². The van der Waals surface area contributed by atoms with E-state index in [0.29, 0.717) is 28.0 Å². The second-order valence-electron chi connectivity index (χ2n) is 3.96. The minimum absolute atomic E-state index is 0.325. The van der Waals surface area contributed by atoms with Gasteiger partial charge in [0.15, 0.2) is 0 Å². The van der Waals surface area contributed by atoms with Crippen molar-refractivity contribution in [1.29, 1.82) is 0 Å². The van der Waals surface area contributed by atoms with Crippen molar-refractivity contribution in [2.45, 2.75) is 6.10 Å². The normalized spacial score (nSPS) is 12.2. The number of benzene rings is 1. The maximum Gasteiger partial charge on any atom is 0.126 e. The Hall–Kier alpha value is -0.810. The van der Waals surface area contributed by atoms with Gasteiger partial charge in [-0.05, 0) is 51.8 Å². The third-order valence-corrected chi connectivity index (χ3v) is 3.38. The molecule has 1 aromatic heterocycles. The summed E-state index contributed by atoms with van der Waals surface area (Å²) >= 11 is 15.1. The molecular weight excluding hydrogens is 351 g/mol. The third kappa shape index (κ3) is 4.35. The Morgan fingerprint density at radius 2 is 1.89 bits per heavy atom. The Balaban J connectivity index is 2.00. The van der Waals surface area contributed by atoms with Crippen molar-refractivity contribution in [3.8, 4) is 0 Å². The zero-order valence-corrected chi connectivity index (χ0v) is 12.9. The molecule has 0 amide bonds. The summed E-state index contributed by atoms with van der Waals surface area (Å²) in [5.74, 6) is 0.690. The number of hydrogen-bond donors (Lipinski definition) is 2. The lowest BCUT2D eigenvalue weighted by Gasteiger charge is -2.13. The van der Waals surface area contributed by atoms with Gasteiger partial charge < -0.3 is 10.4 Å². The number of aromatic nitrogens is 1. The van der Waals surface area contributed by atoms with Crippen molar-refractivity contribution in [3.63, 3.8) is 0 Å². The first-order chi connectivity index (χ1) is 9.04. The lowest BCUT2D eigenvalue weighted by molar-refractivity contribution is 0.191. The predicted octanol–water partition coefficient (Wildman–Crippen LogP) is 4.30. The van der Waals surface area contributed by atoms with Crippen LogP contribution in [0, 0.1) is 0 Å². The minimum atomic E-state index is -0.707. The number of nitrogens with zero attached hydrogens (tertiary/aromatic N) is 1. The molecule has 2 aromatic rings. The lowest BCUT2D eigenvalue weighted by Crippen LogP contribution is -2.12. The van der Waals surface area contributed by atoms with Gasteiger partial charge in [0, 0.05) is 27.3 Å². The average Bonchev–Trinajstić information content (AvgIpc) is 2.36. The fourth-order valence-corrected chi connectivity index (χ4v) is 2.34. The molecule has 0 spiro atoms. The molecule has 1 heterocycles. The molecule has 0 saturated carbocycles. The van der Waals surface area contributed by atoms with Gasteiger partial charge in [-0.1, -0.05) is 23.2 Å². The molecule has 0 fully saturated rings. The Morgan fingerprint density at radius 1 is 1.21 bits per heavy atom. The highest BCUT2D eigenvalue weighted by Crippen LogP contribution is 2.23. The second-order valence-corrected chi connectivity index (χ2v) is 5.75. The van der Waals surface area contributed by atoms with Crippen molar-refractivity contribution in [2.75, 3.05) is 11.9 Å². The van der Waals surface area contributed by atoms with Crippen LogP contribution in [0.15, 0.2) is 41.0 Å². The summed E-state index contributed by atoms with van der Waals surface area (Å²) in [7, 11) is 0. The molecule has 19 heavy (non-hydrogen) atoms. The van der Waals surface area contributed by atoms with E-state index >= 15 is 0 Å². The van der Waals surface area contributed by atoms with E-state index in [1.807, 2.05) is 12.1 Å². The van der Waals surface area contributed by atoms with E-state index in [-0.39, 0.29) is 0 Å². The summed E-state index contributed by atoms with van der Waals surface area (Å²) in [4.78, 5) is 4.16. The van der Waals surface area contributed by atoms with Gasteiger partial charge in [0.1, 0.15) is 5.82 Å². The molecule has 3 nitrogen and oxygen atoms in total. The quantitative estimate of drug-likeness (QED) is 0.853. The number of hydrogen-bond acceptors (Lipinski definition) is 3. The fraction of sp³-hybridized carbons (Fsp3) is 0.154. The van der Waals surface area contributed by atoms with Crippen LogP contribution < -0.4 is 5.32 Å². The van der Waals surface area contributed by atoms with Crippen LogP contribution in [0.2, 0.25) is 10.0 Å². The molecular formula is C13H11BrCl2N2O. The molecule has 0 saturated heterocycles. The van der Waals surface area contributed by atoms with Crippen LogP contribution in [0.1, 0.15) is 11.7 Å². The molecule has 0 aliphatic carbocycles. The monoisotopic (exact) mass is 360 g/mol. The topological polar surface area (TPSA) is 45.1 Å². The van der Waals surface area contributed by atoms with Crippen LogP contribution >= 0.6 is 39.1 Å². The summed E-state index contributed by atoms with van der Waals surface area (Å²) in [6, 6.07) is 8.70. The number of aliphatic hydroxyl groups is 1. The third-order valence-electron chi connectivity index (χ3n) is 2.47. The first-order valence-electron chi connectivity index (χ1n) is 5.54. The van der Waals surface area contributed by atoms with E-state index in [0.717, 1.165) is 4.47 Å². The number of aliphatic hydroxyl groups excluding tert-OH is 1. The highest BCUT2D eigenvalue weighted by atomic mass is 79.9. The van der Waals surface area contributed by atoms with Crippen LogP contribution in [-0.2, 0) is 0 Å². The summed E-state index contributed by atoms with van der Waals surface area (Å²) < 4.78 is 0.903. The molecule has 100 valence electrons. The molecule has 0 bridgehead atoms. The van der Waals surface area contributed by atoms with Crippen LogP contribution in [0.4, 0.5) is 5.82 Å². The van der Waals surface area contributed by atoms with Gasteiger partial charge in [0.2, 0.25) is 0 Å². The van der Waals surface area contributed by atoms with Gasteiger partial charge in [-0.25, -0.2) is 4.98 Å². The van der Waals surface area contributed by atoms with Crippen molar-refractivity contribution in [3.05, 3.63) is 56.6 Å². The van der Waals surface area contributed by atoms with Gasteiger partial charge in [-0.3, -0.25) is 0 Å². The van der Waals surface area contributed by atoms with E-state index in [9.17, 15) is 5.11 Å². The number of nitrogens with one attached hydrogen (secondary N) is 1. The smallest absolute Gasteiger partial charge is 0.126 e. The zero-order chi connectivity index (χ0) is 13.8. The van der Waals surface area contributed by atoms with Gasteiger partial charge in [0.25, 0.3) is 0 Å². The molecule has 1 unspecified atom stereocenters. The van der Waals surface area contributed by atoms with E-state index in [4.69, 9.17) is 23.2 Å². The van der Waals surface area contributed by atoms with E-state index in [1.54, 1.807) is 24.4 Å². The molecule has 1 aromatic carbocycles. The van der Waals surface area contributed by atoms with Crippen molar-refractivity contribution >= 4 is 44.9 Å². The van der Waals surface area contributed by atoms with E-state index < -0.39 is 6.10 Å². The van der Waals surface area contributed by atoms with E-state index in [2.05, 4.69) is 26.2 Å². The lowest BCUT2D eigenvalue weighted by atomic mass is 10.1. The second kappa shape index (κ2) is 6.57. The van der Waals surface area contributed by atoms with Crippen LogP contribution in [0.25, 0.3) is 0 Å². The van der Waals surface area contributed by atoms with Crippen molar-refractivity contribution < 1.29 is 5.11 Å². The zero-order valence-electron chi connectivity index (χ0n) is 9.78. The van der Waals surface area contributed by atoms with Crippen molar-refractivity contribution in [1.82, 2.24) is 4.98 Å². The molecule has 6 heteroatoms. The SMILES string of the molecule is OC(CNc1ccc(Br)cn1)c1cc(Cl)cc(Cl)c1. The summed E-state index contributed by atoms with van der Waals surface area (Å²) in [6.45, 7) is 0.325. The number of pyridine rings is 1. The van der Waals surface area contributed by atoms with Crippen molar-refractivity contribution in [2.24, 2.45) is 0 Å². The maximum absolute atomic E-state index is 10.1. The number of anilines is 1. The summed E-state index contributed by atoms with van der Waals surface area (Å²) in [5, 5.41) is 14.1. The number of rotatable bonds is 4. The Kier molecular flexibility index (Phi) is 5.05. The molecule has 2 N–H and O–H groups in total. The Bertz CT molecular complexity index is 543. The summed E-state index contributed by atoms with van der Waals surface area (Å²) in [6.07, 6.45) is 0.979. The Labute approximate surface area is 129 Å². The molecule has 2 rings (SSSR count). The predicted molar refractivity (Wildman–Crippen MR) is 81.8 cm³/mol. The van der Waals surface area contributed by atoms with Gasteiger partial charge in [0.05, 0.1) is 6.10 Å². The largest absolute Gasteiger partial charge is 0.387 e. The standard InChI is InChI=1S/C13H11BrCl2N2O/c14-9-1-2-13(17-6-9)18-7-12(19)8-3-10(15)5-11(16)4-8/h1-6,12,19H,7H2,(H,17,18). The van der Waals surface area contributed by atoms with Gasteiger partial charge >= 0.3 is 0 Å². The van der Waals surface area contributed by atoms with Gasteiger partial charge in [-0.2, -0.15) is 0 Å². The van der Waals surface area contributed by atoms with Gasteiger partial charge in [-0.15, -0.1) is 0 Å². The molecule has 1 atom stereocenters. The van der Waals surface area contributed by atoms with E-state index in [1.165, 1.54) is 0 Å². The minimum Gasteiger partial charge on any atom is -0.387 e. The highest BCUT2D eigenvalue weighted by Gasteiger charge is 2.09. The first-order valence-corrected chi connectivity index (χ1v) is 7.09. The Morgan fingerprint density at radius 3 is 2.47 bits per heavy atom. The van der Waals surface area contributed by atoms with Crippen LogP contribution in [0.5, 0.6) is 0 Å². The molecule has 0 aliphatic rings. The summed E-state index contributed by atoms with van der Waals surface area (Å²) in [5.41, 5.74) is 0.669. The first kappa shape index (κ1) is 14.6. The average molecular weight is 362 g/mol. The number of halogens is 3. The molecule has 0 radical (unpaired) electrons.